The van der Waals surface area contributed by atoms with E-state index in [1.807, 2.05) is 0 Å². The van der Waals surface area contributed by atoms with Crippen LogP contribution in [0, 0.1) is 0 Å². The summed E-state index contributed by atoms with van der Waals surface area (Å²) < 4.78 is 4.80. The lowest BCUT2D eigenvalue weighted by molar-refractivity contribution is -0.143. The molecule has 0 saturated carbocycles. The molecule has 0 radical (unpaired) electrons. The van der Waals surface area contributed by atoms with Crippen molar-refractivity contribution >= 4 is 34.9 Å². The third-order valence-corrected chi connectivity index (χ3v) is 2.36. The Hall–Kier alpha value is -1.07. The summed E-state index contributed by atoms with van der Waals surface area (Å²) >= 11 is 11.5. The quantitative estimate of drug-likeness (QED) is 0.640. The number of hydrogen-bond donors (Lipinski definition) is 1. The Kier molecular flexibility index (Phi) is 6.00. The molecule has 0 saturated heterocycles. The minimum Gasteiger partial charge on any atom is -0.466 e. The van der Waals surface area contributed by atoms with Gasteiger partial charge in [-0.25, -0.2) is 0 Å². The van der Waals surface area contributed by atoms with E-state index < -0.39 is 0 Å². The van der Waals surface area contributed by atoms with Crippen LogP contribution in [0.5, 0.6) is 0 Å². The number of carbonyl (C=O) groups is 1. The van der Waals surface area contributed by atoms with Gasteiger partial charge >= 0.3 is 5.97 Å². The summed E-state index contributed by atoms with van der Waals surface area (Å²) in [6, 6.07) is 1.58. The molecule has 0 atom stereocenters. The van der Waals surface area contributed by atoms with Gasteiger partial charge in [-0.3, -0.25) is 4.79 Å². The first-order valence-corrected chi connectivity index (χ1v) is 5.97. The summed E-state index contributed by atoms with van der Waals surface area (Å²) in [6.45, 7) is 2.77. The second-order valence-corrected chi connectivity index (χ2v) is 3.95. The molecular weight excluding hydrogens is 265 g/mol. The van der Waals surface area contributed by atoms with Crippen LogP contribution in [0.4, 0.5) is 5.69 Å². The van der Waals surface area contributed by atoms with Gasteiger partial charge in [0.25, 0.3) is 0 Å². The highest BCUT2D eigenvalue weighted by molar-refractivity contribution is 6.33. The van der Waals surface area contributed by atoms with Crippen molar-refractivity contribution in [3.63, 3.8) is 0 Å². The number of nitrogens with zero attached hydrogens (tertiary/aromatic N) is 2. The average Bonchev–Trinajstić information content (AvgIpc) is 2.29. The average molecular weight is 278 g/mol. The van der Waals surface area contributed by atoms with Gasteiger partial charge in [0.05, 0.1) is 12.3 Å². The Balaban J connectivity index is 2.31. The fraction of sp³-hybridized carbons (Fsp3) is 0.500. The molecule has 0 spiro atoms. The van der Waals surface area contributed by atoms with Crippen LogP contribution in [-0.4, -0.2) is 29.3 Å². The molecule has 17 heavy (non-hydrogen) atoms. The lowest BCUT2D eigenvalue weighted by Crippen LogP contribution is -2.08. The molecule has 0 unspecified atom stereocenters. The molecule has 1 aromatic rings. The number of nitrogens with one attached hydrogen (secondary N) is 1. The zero-order valence-corrected chi connectivity index (χ0v) is 10.9. The van der Waals surface area contributed by atoms with E-state index in [4.69, 9.17) is 27.9 Å². The molecule has 0 aliphatic carbocycles. The number of aromatic nitrogens is 2. The predicted molar refractivity (Wildman–Crippen MR) is 66.4 cm³/mol. The van der Waals surface area contributed by atoms with Crippen molar-refractivity contribution in [2.75, 3.05) is 18.5 Å². The van der Waals surface area contributed by atoms with Crippen LogP contribution in [0.15, 0.2) is 6.07 Å². The van der Waals surface area contributed by atoms with Crippen molar-refractivity contribution in [2.45, 2.75) is 19.8 Å². The maximum atomic E-state index is 11.1. The fourth-order valence-electron chi connectivity index (χ4n) is 1.17. The van der Waals surface area contributed by atoms with Gasteiger partial charge in [-0.15, -0.1) is 10.2 Å². The van der Waals surface area contributed by atoms with Gasteiger partial charge in [0, 0.05) is 19.0 Å². The molecule has 1 rings (SSSR count). The summed E-state index contributed by atoms with van der Waals surface area (Å²) in [6.07, 6.45) is 1.01. The van der Waals surface area contributed by atoms with E-state index >= 15 is 0 Å². The van der Waals surface area contributed by atoms with Crippen molar-refractivity contribution in [1.29, 1.82) is 0 Å². The van der Waals surface area contributed by atoms with Gasteiger partial charge in [-0.05, 0) is 13.3 Å². The predicted octanol–water partition coefficient (Wildman–Crippen LogP) is 2.54. The van der Waals surface area contributed by atoms with Gasteiger partial charge in [-0.2, -0.15) is 0 Å². The minimum absolute atomic E-state index is 0.203. The monoisotopic (exact) mass is 277 g/mol. The number of hydrogen-bond acceptors (Lipinski definition) is 5. The number of ether oxygens (including phenoxy) is 1. The van der Waals surface area contributed by atoms with E-state index in [-0.39, 0.29) is 16.3 Å². The molecule has 0 aromatic carbocycles. The van der Waals surface area contributed by atoms with Crippen LogP contribution in [0.2, 0.25) is 10.3 Å². The molecular formula is C10H13Cl2N3O2. The molecule has 1 N–H and O–H groups in total. The van der Waals surface area contributed by atoms with Gasteiger partial charge in [0.1, 0.15) is 0 Å². The van der Waals surface area contributed by atoms with Crippen LogP contribution in [0.3, 0.4) is 0 Å². The first-order chi connectivity index (χ1) is 8.13. The first kappa shape index (κ1) is 14.0. The van der Waals surface area contributed by atoms with E-state index in [0.29, 0.717) is 31.7 Å². The minimum atomic E-state index is -0.203. The largest absolute Gasteiger partial charge is 0.466 e. The lowest BCUT2D eigenvalue weighted by Gasteiger charge is -2.07. The van der Waals surface area contributed by atoms with E-state index in [0.717, 1.165) is 0 Å². The second kappa shape index (κ2) is 7.29. The van der Waals surface area contributed by atoms with Crippen LogP contribution in [-0.2, 0) is 9.53 Å². The standard InChI is InChI=1S/C10H13Cl2N3O2/c1-2-17-9(16)4-3-5-13-7-6-8(11)14-15-10(7)12/h6H,2-5H2,1H3,(H,13,14). The van der Waals surface area contributed by atoms with Crippen LogP contribution in [0.1, 0.15) is 19.8 Å². The van der Waals surface area contributed by atoms with E-state index in [1.165, 1.54) is 0 Å². The Bertz CT molecular complexity index is 388. The van der Waals surface area contributed by atoms with Crippen molar-refractivity contribution in [1.82, 2.24) is 10.2 Å². The van der Waals surface area contributed by atoms with Gasteiger partial charge in [0.2, 0.25) is 0 Å². The van der Waals surface area contributed by atoms with E-state index in [1.54, 1.807) is 13.0 Å². The highest BCUT2D eigenvalue weighted by Gasteiger charge is 2.04. The van der Waals surface area contributed by atoms with Crippen molar-refractivity contribution in [3.8, 4) is 0 Å². The highest BCUT2D eigenvalue weighted by Crippen LogP contribution is 2.20. The molecule has 1 aromatic heterocycles. The summed E-state index contributed by atoms with van der Waals surface area (Å²) in [4.78, 5) is 11.1. The smallest absolute Gasteiger partial charge is 0.305 e. The molecule has 0 aliphatic rings. The van der Waals surface area contributed by atoms with Crippen LogP contribution < -0.4 is 5.32 Å². The SMILES string of the molecule is CCOC(=O)CCCNc1cc(Cl)nnc1Cl. The molecule has 0 aliphatic heterocycles. The van der Waals surface area contributed by atoms with Gasteiger partial charge in [0.15, 0.2) is 10.3 Å². The molecule has 7 heteroatoms. The first-order valence-electron chi connectivity index (χ1n) is 5.21. The zero-order valence-electron chi connectivity index (χ0n) is 9.37. The number of rotatable bonds is 6. The number of anilines is 1. The highest BCUT2D eigenvalue weighted by atomic mass is 35.5. The number of halogens is 2. The third-order valence-electron chi connectivity index (χ3n) is 1.90. The van der Waals surface area contributed by atoms with Gasteiger partial charge < -0.3 is 10.1 Å². The number of carbonyl (C=O) groups excluding carboxylic acids is 1. The summed E-state index contributed by atoms with van der Waals surface area (Å²) in [7, 11) is 0. The number of esters is 1. The van der Waals surface area contributed by atoms with Crippen LogP contribution in [0.25, 0.3) is 0 Å². The Morgan fingerprint density at radius 2 is 2.24 bits per heavy atom. The molecule has 0 fully saturated rings. The van der Waals surface area contributed by atoms with Crippen molar-refractivity contribution < 1.29 is 9.53 Å². The molecule has 1 heterocycles. The Labute approximate surface area is 109 Å². The normalized spacial score (nSPS) is 10.1. The summed E-state index contributed by atoms with van der Waals surface area (Å²) in [5.74, 6) is -0.203. The van der Waals surface area contributed by atoms with E-state index in [9.17, 15) is 4.79 Å². The molecule has 94 valence electrons. The maximum Gasteiger partial charge on any atom is 0.305 e. The fourth-order valence-corrected chi connectivity index (χ4v) is 1.47. The topological polar surface area (TPSA) is 64.1 Å². The second-order valence-electron chi connectivity index (χ2n) is 3.21. The third kappa shape index (κ3) is 5.19. The Morgan fingerprint density at radius 3 is 2.94 bits per heavy atom. The summed E-state index contributed by atoms with van der Waals surface area (Å²) in [5, 5.41) is 10.8. The molecule has 0 bridgehead atoms. The van der Waals surface area contributed by atoms with Gasteiger partial charge in [-0.1, -0.05) is 23.2 Å². The molecule has 0 amide bonds. The Morgan fingerprint density at radius 1 is 1.47 bits per heavy atom. The lowest BCUT2D eigenvalue weighted by atomic mass is 10.3. The molecule has 5 nitrogen and oxygen atoms in total. The van der Waals surface area contributed by atoms with Crippen LogP contribution >= 0.6 is 23.2 Å². The van der Waals surface area contributed by atoms with E-state index in [2.05, 4.69) is 15.5 Å². The van der Waals surface area contributed by atoms with Crippen molar-refractivity contribution in [2.24, 2.45) is 0 Å². The van der Waals surface area contributed by atoms with Crippen molar-refractivity contribution in [3.05, 3.63) is 16.4 Å². The zero-order chi connectivity index (χ0) is 12.7. The maximum absolute atomic E-state index is 11.1. The summed E-state index contributed by atoms with van der Waals surface area (Å²) in [5.41, 5.74) is 0.607.